The van der Waals surface area contributed by atoms with Crippen LogP contribution in [0.3, 0.4) is 0 Å². The molecule has 184 valence electrons. The average Bonchev–Trinajstić information content (AvgIpc) is 3.66. The number of aromatic amines is 2. The summed E-state index contributed by atoms with van der Waals surface area (Å²) in [5.41, 5.74) is 7.12. The summed E-state index contributed by atoms with van der Waals surface area (Å²) in [6.07, 6.45) is 13.9. The van der Waals surface area contributed by atoms with Gasteiger partial charge in [-0.2, -0.15) is 5.10 Å². The molecular weight excluding hydrogens is 478 g/mol. The van der Waals surface area contributed by atoms with Crippen LogP contribution in [0.5, 0.6) is 5.75 Å². The zero-order chi connectivity index (χ0) is 24.8. The number of ether oxygens (including phenoxy) is 1. The Balaban J connectivity index is 1.26. The Morgan fingerprint density at radius 3 is 2.59 bits per heavy atom. The van der Waals surface area contributed by atoms with Crippen molar-refractivity contribution in [1.82, 2.24) is 25.1 Å². The van der Waals surface area contributed by atoms with Gasteiger partial charge in [-0.15, -0.1) is 11.3 Å². The van der Waals surface area contributed by atoms with E-state index in [1.165, 1.54) is 29.0 Å². The number of pyridine rings is 2. The summed E-state index contributed by atoms with van der Waals surface area (Å²) >= 11 is 1.78. The molecule has 0 bridgehead atoms. The molecule has 0 radical (unpaired) electrons. The van der Waals surface area contributed by atoms with Crippen LogP contribution >= 0.6 is 11.3 Å². The normalized spacial score (nSPS) is 14.5. The molecule has 1 aliphatic carbocycles. The van der Waals surface area contributed by atoms with E-state index in [0.717, 1.165) is 68.5 Å². The topological polar surface area (TPSA) is 79.5 Å². The molecule has 1 aliphatic rings. The molecule has 6 nitrogen and oxygen atoms in total. The van der Waals surface area contributed by atoms with Gasteiger partial charge in [0.25, 0.3) is 0 Å². The highest BCUT2D eigenvalue weighted by Crippen LogP contribution is 2.37. The van der Waals surface area contributed by atoms with Gasteiger partial charge in [0.05, 0.1) is 35.2 Å². The molecule has 1 saturated carbocycles. The Kier molecular flexibility index (Phi) is 5.51. The predicted molar refractivity (Wildman–Crippen MR) is 150 cm³/mol. The highest BCUT2D eigenvalue weighted by atomic mass is 32.1. The number of hydrogen-bond donors (Lipinski definition) is 2. The third-order valence-corrected chi connectivity index (χ3v) is 8.30. The second-order valence-electron chi connectivity index (χ2n) is 9.86. The van der Waals surface area contributed by atoms with E-state index in [-0.39, 0.29) is 0 Å². The van der Waals surface area contributed by atoms with E-state index in [9.17, 15) is 0 Å². The first-order valence-electron chi connectivity index (χ1n) is 12.9. The van der Waals surface area contributed by atoms with Crippen LogP contribution in [0.2, 0.25) is 0 Å². The van der Waals surface area contributed by atoms with E-state index in [4.69, 9.17) is 4.74 Å². The van der Waals surface area contributed by atoms with E-state index in [1.54, 1.807) is 11.3 Å². The molecule has 0 atom stereocenters. The second kappa shape index (κ2) is 9.16. The number of hydrogen-bond acceptors (Lipinski definition) is 5. The monoisotopic (exact) mass is 505 g/mol. The minimum Gasteiger partial charge on any atom is -0.489 e. The average molecular weight is 506 g/mol. The highest BCUT2D eigenvalue weighted by molar-refractivity contribution is 7.15. The van der Waals surface area contributed by atoms with Crippen molar-refractivity contribution in [2.45, 2.75) is 45.1 Å². The number of aryl methyl sites for hydroxylation is 1. The maximum absolute atomic E-state index is 6.27. The Morgan fingerprint density at radius 1 is 0.838 bits per heavy atom. The maximum atomic E-state index is 6.27. The minimum absolute atomic E-state index is 0.299. The first-order valence-corrected chi connectivity index (χ1v) is 13.7. The van der Waals surface area contributed by atoms with Crippen molar-refractivity contribution in [2.24, 2.45) is 0 Å². The fourth-order valence-corrected chi connectivity index (χ4v) is 6.26. The number of benzene rings is 1. The molecule has 0 aliphatic heterocycles. The quantitative estimate of drug-likeness (QED) is 0.249. The summed E-state index contributed by atoms with van der Waals surface area (Å²) in [6, 6.07) is 15.0. The van der Waals surface area contributed by atoms with Crippen LogP contribution < -0.4 is 4.74 Å². The molecule has 1 fully saturated rings. The fraction of sp³-hybridized carbons (Fsp3) is 0.233. The van der Waals surface area contributed by atoms with E-state index in [0.29, 0.717) is 6.10 Å². The van der Waals surface area contributed by atoms with Crippen molar-refractivity contribution in [2.75, 3.05) is 0 Å². The van der Waals surface area contributed by atoms with Crippen molar-refractivity contribution in [1.29, 1.82) is 0 Å². The molecular formula is C30H27N5OS. The summed E-state index contributed by atoms with van der Waals surface area (Å²) < 4.78 is 6.27. The molecule has 37 heavy (non-hydrogen) atoms. The van der Waals surface area contributed by atoms with Crippen molar-refractivity contribution < 1.29 is 4.74 Å². The summed E-state index contributed by atoms with van der Waals surface area (Å²) in [6.45, 7) is 2.13. The lowest BCUT2D eigenvalue weighted by Crippen LogP contribution is -2.19. The lowest BCUT2D eigenvalue weighted by molar-refractivity contribution is 0.154. The number of nitrogens with one attached hydrogen (secondary N) is 2. The molecule has 0 spiro atoms. The van der Waals surface area contributed by atoms with E-state index in [1.807, 2.05) is 24.8 Å². The smallest absolute Gasteiger partial charge is 0.138 e. The van der Waals surface area contributed by atoms with Gasteiger partial charge in [-0.25, -0.2) is 0 Å². The molecule has 6 aromatic rings. The third-order valence-electron chi connectivity index (χ3n) is 7.27. The molecule has 5 aromatic heterocycles. The van der Waals surface area contributed by atoms with Gasteiger partial charge in [-0.3, -0.25) is 15.1 Å². The van der Waals surface area contributed by atoms with Gasteiger partial charge in [0.1, 0.15) is 11.4 Å². The Bertz CT molecular complexity index is 1720. The predicted octanol–water partition coefficient (Wildman–Crippen LogP) is 7.92. The Hall–Kier alpha value is -3.97. The first-order chi connectivity index (χ1) is 18.2. The molecule has 5 heterocycles. The summed E-state index contributed by atoms with van der Waals surface area (Å²) in [4.78, 5) is 15.0. The van der Waals surface area contributed by atoms with Gasteiger partial charge in [-0.1, -0.05) is 12.5 Å². The molecule has 0 amide bonds. The molecule has 0 unspecified atom stereocenters. The van der Waals surface area contributed by atoms with Crippen LogP contribution in [0.1, 0.15) is 37.0 Å². The minimum atomic E-state index is 0.299. The van der Waals surface area contributed by atoms with Gasteiger partial charge in [0.15, 0.2) is 0 Å². The van der Waals surface area contributed by atoms with E-state index in [2.05, 4.69) is 74.5 Å². The highest BCUT2D eigenvalue weighted by Gasteiger charge is 2.17. The maximum Gasteiger partial charge on any atom is 0.138 e. The van der Waals surface area contributed by atoms with Crippen molar-refractivity contribution in [3.63, 3.8) is 0 Å². The zero-order valence-corrected chi connectivity index (χ0v) is 21.4. The van der Waals surface area contributed by atoms with Crippen molar-refractivity contribution in [3.8, 4) is 38.7 Å². The summed E-state index contributed by atoms with van der Waals surface area (Å²) in [5.74, 6) is 0.844. The van der Waals surface area contributed by atoms with E-state index < -0.39 is 0 Å². The van der Waals surface area contributed by atoms with Crippen LogP contribution in [0.25, 0.3) is 54.8 Å². The SMILES string of the molecule is Cc1ccc(-c2cncc3[nH]c(-c4n[nH]c5ccc(-c6cncc(OC7CCCCC7)c6)cc45)cc23)s1. The number of H-pyrrole nitrogens is 2. The summed E-state index contributed by atoms with van der Waals surface area (Å²) in [7, 11) is 0. The Labute approximate surface area is 218 Å². The molecule has 0 saturated heterocycles. The number of nitrogens with zero attached hydrogens (tertiary/aromatic N) is 3. The number of aromatic nitrogens is 5. The van der Waals surface area contributed by atoms with Crippen LogP contribution in [-0.4, -0.2) is 31.3 Å². The second-order valence-corrected chi connectivity index (χ2v) is 11.1. The third kappa shape index (κ3) is 4.19. The van der Waals surface area contributed by atoms with Crippen LogP contribution in [0, 0.1) is 6.92 Å². The number of fused-ring (bicyclic) bond motifs is 2. The first kappa shape index (κ1) is 22.2. The van der Waals surface area contributed by atoms with Gasteiger partial charge < -0.3 is 9.72 Å². The fourth-order valence-electron chi connectivity index (χ4n) is 5.37. The molecule has 7 heteroatoms. The summed E-state index contributed by atoms with van der Waals surface area (Å²) in [5, 5.41) is 10.1. The standard InChI is InChI=1S/C30H27N5OS/c1-18-7-10-29(37-18)25-16-32-17-28-23(25)13-27(33-28)30-24-12-19(8-9-26(24)34-35-30)20-11-22(15-31-14-20)36-21-5-3-2-4-6-21/h7-17,21,33H,2-6H2,1H3,(H,34,35). The van der Waals surface area contributed by atoms with Gasteiger partial charge in [0, 0.05) is 44.0 Å². The molecule has 1 aromatic carbocycles. The zero-order valence-electron chi connectivity index (χ0n) is 20.6. The van der Waals surface area contributed by atoms with Crippen LogP contribution in [0.15, 0.2) is 67.3 Å². The van der Waals surface area contributed by atoms with Crippen LogP contribution in [0.4, 0.5) is 0 Å². The van der Waals surface area contributed by atoms with Gasteiger partial charge >= 0.3 is 0 Å². The Morgan fingerprint density at radius 2 is 1.73 bits per heavy atom. The van der Waals surface area contributed by atoms with Crippen LogP contribution in [-0.2, 0) is 0 Å². The molecule has 2 N–H and O–H groups in total. The number of rotatable bonds is 5. The number of thiophene rings is 1. The molecule has 7 rings (SSSR count). The van der Waals surface area contributed by atoms with E-state index >= 15 is 0 Å². The lowest BCUT2D eigenvalue weighted by atomic mass is 9.98. The van der Waals surface area contributed by atoms with Crippen molar-refractivity contribution >= 4 is 33.1 Å². The largest absolute Gasteiger partial charge is 0.489 e. The van der Waals surface area contributed by atoms with Gasteiger partial charge in [0.2, 0.25) is 0 Å². The lowest BCUT2D eigenvalue weighted by Gasteiger charge is -2.23. The van der Waals surface area contributed by atoms with Gasteiger partial charge in [-0.05, 0) is 74.6 Å². The van der Waals surface area contributed by atoms with Crippen molar-refractivity contribution in [3.05, 3.63) is 72.1 Å².